The second kappa shape index (κ2) is 10.6. The van der Waals surface area contributed by atoms with Crippen molar-refractivity contribution < 1.29 is 23.8 Å². The van der Waals surface area contributed by atoms with E-state index in [0.717, 1.165) is 17.7 Å². The summed E-state index contributed by atoms with van der Waals surface area (Å²) in [6.07, 6.45) is 2.76. The summed E-state index contributed by atoms with van der Waals surface area (Å²) in [4.78, 5) is 24.4. The maximum absolute atomic E-state index is 12.5. The molecule has 1 saturated heterocycles. The van der Waals surface area contributed by atoms with E-state index in [4.69, 9.17) is 9.47 Å². The Balaban J connectivity index is 1.74. The second-order valence-electron chi connectivity index (χ2n) is 6.56. The number of hydrogen-bond donors (Lipinski definition) is 2. The highest BCUT2D eigenvalue weighted by Gasteiger charge is 2.27. The first kappa shape index (κ1) is 23.0. The van der Waals surface area contributed by atoms with Crippen LogP contribution in [-0.2, 0) is 20.7 Å². The molecule has 164 valence electrons. The number of thioether (sulfide) groups is 1. The Labute approximate surface area is 193 Å². The first-order valence-electron chi connectivity index (χ1n) is 9.55. The molecule has 1 heterocycles. The molecule has 1 aliphatic heterocycles. The lowest BCUT2D eigenvalue weighted by molar-refractivity contribution is -0.142. The second-order valence-corrected chi connectivity index (χ2v) is 8.57. The van der Waals surface area contributed by atoms with E-state index in [-0.39, 0.29) is 18.0 Å². The highest BCUT2D eigenvalue weighted by Crippen LogP contribution is 2.37. The van der Waals surface area contributed by atoms with Crippen molar-refractivity contribution >= 4 is 51.3 Å². The number of rotatable bonds is 8. The van der Waals surface area contributed by atoms with Crippen LogP contribution in [0.1, 0.15) is 18.1 Å². The van der Waals surface area contributed by atoms with Gasteiger partial charge in [0, 0.05) is 10.2 Å². The van der Waals surface area contributed by atoms with Crippen LogP contribution < -0.4 is 20.1 Å². The maximum atomic E-state index is 12.5. The van der Waals surface area contributed by atoms with Crippen LogP contribution in [0.4, 0.5) is 5.69 Å². The number of amides is 1. The van der Waals surface area contributed by atoms with E-state index < -0.39 is 5.97 Å². The number of ether oxygens (including phenoxy) is 3. The van der Waals surface area contributed by atoms with Gasteiger partial charge in [-0.2, -0.15) is 0 Å². The molecule has 0 radical (unpaired) electrons. The maximum Gasteiger partial charge on any atom is 0.343 e. The lowest BCUT2D eigenvalue weighted by atomic mass is 10.1. The zero-order chi connectivity index (χ0) is 22.4. The van der Waals surface area contributed by atoms with Gasteiger partial charge in [-0.25, -0.2) is 4.79 Å². The van der Waals surface area contributed by atoms with Crippen molar-refractivity contribution in [3.05, 3.63) is 56.9 Å². The molecular weight excluding hydrogens is 484 g/mol. The molecule has 0 saturated carbocycles. The number of esters is 1. The molecule has 2 aromatic rings. The molecule has 9 heteroatoms. The topological polar surface area (TPSA) is 85.9 Å². The number of methoxy groups -OCH3 is 2. The molecule has 1 amide bonds. The summed E-state index contributed by atoms with van der Waals surface area (Å²) >= 11 is 4.89. The summed E-state index contributed by atoms with van der Waals surface area (Å²) < 4.78 is 16.1. The highest BCUT2D eigenvalue weighted by atomic mass is 79.9. The summed E-state index contributed by atoms with van der Waals surface area (Å²) in [6, 6.07) is 11.6. The van der Waals surface area contributed by atoms with E-state index in [9.17, 15) is 9.59 Å². The summed E-state index contributed by atoms with van der Waals surface area (Å²) in [7, 11) is 2.80. The van der Waals surface area contributed by atoms with Crippen molar-refractivity contribution in [1.82, 2.24) is 5.32 Å². The zero-order valence-corrected chi connectivity index (χ0v) is 19.8. The number of anilines is 1. The number of nitrogens with one attached hydrogen (secondary N) is 2. The smallest absolute Gasteiger partial charge is 0.343 e. The number of carbonyl (C=O) groups excluding carboxylic acids is 2. The highest BCUT2D eigenvalue weighted by molar-refractivity contribution is 9.10. The Morgan fingerprint density at radius 3 is 2.61 bits per heavy atom. The third-order valence-corrected chi connectivity index (χ3v) is 6.25. The van der Waals surface area contributed by atoms with Crippen LogP contribution in [0.15, 0.2) is 45.8 Å². The van der Waals surface area contributed by atoms with E-state index >= 15 is 0 Å². The predicted octanol–water partition coefficient (Wildman–Crippen LogP) is 4.17. The van der Waals surface area contributed by atoms with Crippen LogP contribution in [-0.4, -0.2) is 38.2 Å². The van der Waals surface area contributed by atoms with Crippen molar-refractivity contribution in [2.45, 2.75) is 18.8 Å². The van der Waals surface area contributed by atoms with Crippen molar-refractivity contribution in [2.24, 2.45) is 0 Å². The predicted molar refractivity (Wildman–Crippen MR) is 125 cm³/mol. The molecule has 1 fully saturated rings. The normalized spacial score (nSPS) is 16.7. The minimum atomic E-state index is -0.494. The summed E-state index contributed by atoms with van der Waals surface area (Å²) in [6.45, 7) is 1.88. The van der Waals surface area contributed by atoms with Gasteiger partial charge in [0.05, 0.1) is 19.1 Å². The molecule has 31 heavy (non-hydrogen) atoms. The SMILES string of the molecule is CCc1ccc(N[C@@H]2NC(=O)/C(=C/c3cc(OC)c(OCC(=O)OC)cc3Br)S2)cc1. The van der Waals surface area contributed by atoms with Gasteiger partial charge >= 0.3 is 5.97 Å². The van der Waals surface area contributed by atoms with Gasteiger partial charge in [-0.15, -0.1) is 0 Å². The molecule has 2 aromatic carbocycles. The molecule has 2 N–H and O–H groups in total. The van der Waals surface area contributed by atoms with E-state index in [1.54, 1.807) is 18.2 Å². The third-order valence-electron chi connectivity index (χ3n) is 4.53. The van der Waals surface area contributed by atoms with Crippen molar-refractivity contribution in [3.8, 4) is 11.5 Å². The largest absolute Gasteiger partial charge is 0.493 e. The lowest BCUT2D eigenvalue weighted by Gasteiger charge is -2.13. The van der Waals surface area contributed by atoms with Gasteiger partial charge in [0.15, 0.2) is 23.6 Å². The molecular formula is C22H23BrN2O5S. The molecule has 7 nitrogen and oxygen atoms in total. The molecule has 0 bridgehead atoms. The zero-order valence-electron chi connectivity index (χ0n) is 17.4. The molecule has 1 atom stereocenters. The van der Waals surface area contributed by atoms with Crippen LogP contribution in [0.2, 0.25) is 0 Å². The van der Waals surface area contributed by atoms with Gasteiger partial charge in [0.1, 0.15) is 0 Å². The number of halogens is 1. The minimum absolute atomic E-state index is 0.162. The van der Waals surface area contributed by atoms with Crippen LogP contribution >= 0.6 is 27.7 Å². The average molecular weight is 507 g/mol. The van der Waals surface area contributed by atoms with E-state index in [2.05, 4.69) is 50.4 Å². The minimum Gasteiger partial charge on any atom is -0.493 e. The van der Waals surface area contributed by atoms with Gasteiger partial charge in [-0.05, 0) is 47.9 Å². The first-order valence-corrected chi connectivity index (χ1v) is 11.2. The third kappa shape index (κ3) is 5.95. The Morgan fingerprint density at radius 1 is 1.23 bits per heavy atom. The van der Waals surface area contributed by atoms with Gasteiger partial charge in [0.2, 0.25) is 0 Å². The molecule has 1 aliphatic rings. The number of hydrogen-bond acceptors (Lipinski definition) is 7. The fourth-order valence-electron chi connectivity index (χ4n) is 2.82. The summed E-state index contributed by atoms with van der Waals surface area (Å²) in [5.41, 5.74) is 2.67. The quantitative estimate of drug-likeness (QED) is 0.410. The fourth-order valence-corrected chi connectivity index (χ4v) is 4.24. The molecule has 0 spiro atoms. The van der Waals surface area contributed by atoms with E-state index in [1.807, 2.05) is 12.1 Å². The van der Waals surface area contributed by atoms with Crippen molar-refractivity contribution in [2.75, 3.05) is 26.1 Å². The Hall–Kier alpha value is -2.65. The first-order chi connectivity index (χ1) is 14.9. The summed E-state index contributed by atoms with van der Waals surface area (Å²) in [5.74, 6) is 0.171. The van der Waals surface area contributed by atoms with Gasteiger partial charge in [-0.1, -0.05) is 46.7 Å². The standard InChI is InChI=1S/C22H23BrN2O5S/c1-4-13-5-7-15(8-6-13)24-22-25-21(27)19(31-22)10-14-9-17(28-2)18(11-16(14)23)30-12-20(26)29-3/h5-11,22,24H,4,12H2,1-3H3,(H,25,27)/b19-10-/t22-/m1/s1. The van der Waals surface area contributed by atoms with Gasteiger partial charge < -0.3 is 24.8 Å². The number of aryl methyl sites for hydroxylation is 1. The van der Waals surface area contributed by atoms with Crippen molar-refractivity contribution in [1.29, 1.82) is 0 Å². The van der Waals surface area contributed by atoms with Crippen LogP contribution in [0.5, 0.6) is 11.5 Å². The van der Waals surface area contributed by atoms with Crippen molar-refractivity contribution in [3.63, 3.8) is 0 Å². The monoisotopic (exact) mass is 506 g/mol. The Morgan fingerprint density at radius 2 is 1.97 bits per heavy atom. The molecule has 0 aliphatic carbocycles. The summed E-state index contributed by atoms with van der Waals surface area (Å²) in [5, 5.41) is 6.23. The van der Waals surface area contributed by atoms with Crippen LogP contribution in [0.3, 0.4) is 0 Å². The molecule has 0 aromatic heterocycles. The van der Waals surface area contributed by atoms with E-state index in [0.29, 0.717) is 20.9 Å². The molecule has 0 unspecified atom stereocenters. The Bertz CT molecular complexity index is 994. The van der Waals surface area contributed by atoms with Gasteiger partial charge in [0.25, 0.3) is 5.91 Å². The molecule has 3 rings (SSSR count). The van der Waals surface area contributed by atoms with E-state index in [1.165, 1.54) is 31.5 Å². The Kier molecular flexibility index (Phi) is 7.86. The fraction of sp³-hybridized carbons (Fsp3) is 0.273. The number of benzene rings is 2. The van der Waals surface area contributed by atoms with Crippen LogP contribution in [0.25, 0.3) is 6.08 Å². The number of carbonyl (C=O) groups is 2. The van der Waals surface area contributed by atoms with Crippen LogP contribution in [0, 0.1) is 0 Å². The lowest BCUT2D eigenvalue weighted by Crippen LogP contribution is -2.30. The average Bonchev–Trinajstić information content (AvgIpc) is 3.12. The van der Waals surface area contributed by atoms with Gasteiger partial charge in [-0.3, -0.25) is 4.79 Å².